The van der Waals surface area contributed by atoms with E-state index in [4.69, 9.17) is 16.7 Å². The maximum absolute atomic E-state index is 9.07. The largest absolute Gasteiger partial charge is 0.396 e. The van der Waals surface area contributed by atoms with Crippen LogP contribution >= 0.6 is 11.6 Å². The average molecular weight is 255 g/mol. The summed E-state index contributed by atoms with van der Waals surface area (Å²) in [5, 5.41) is 13.2. The topological polar surface area (TPSA) is 45.1 Å². The van der Waals surface area contributed by atoms with E-state index in [9.17, 15) is 0 Å². The summed E-state index contributed by atoms with van der Waals surface area (Å²) in [6, 6.07) is 4.47. The van der Waals surface area contributed by atoms with Gasteiger partial charge in [-0.2, -0.15) is 0 Å². The van der Waals surface area contributed by atoms with E-state index in [1.54, 1.807) is 6.20 Å². The molecule has 0 spiro atoms. The van der Waals surface area contributed by atoms with Gasteiger partial charge in [-0.25, -0.2) is 4.98 Å². The number of rotatable bonds is 6. The molecule has 1 aliphatic carbocycles. The normalized spacial score (nSPS) is 19.0. The Balaban J connectivity index is 1.99. The number of hydrogen-bond donors (Lipinski definition) is 2. The lowest BCUT2D eigenvalue weighted by Gasteiger charge is -2.23. The fourth-order valence-corrected chi connectivity index (χ4v) is 2.51. The van der Waals surface area contributed by atoms with Crippen molar-refractivity contribution in [3.63, 3.8) is 0 Å². The molecular weight excluding hydrogens is 236 g/mol. The van der Waals surface area contributed by atoms with Gasteiger partial charge in [0.05, 0.1) is 0 Å². The highest BCUT2D eigenvalue weighted by Gasteiger charge is 2.31. The Morgan fingerprint density at radius 1 is 1.59 bits per heavy atom. The zero-order chi connectivity index (χ0) is 12.3. The van der Waals surface area contributed by atoms with Gasteiger partial charge in [-0.3, -0.25) is 0 Å². The van der Waals surface area contributed by atoms with Gasteiger partial charge in [0.25, 0.3) is 0 Å². The van der Waals surface area contributed by atoms with Crippen molar-refractivity contribution in [1.82, 2.24) is 10.3 Å². The van der Waals surface area contributed by atoms with Crippen molar-refractivity contribution in [2.75, 3.05) is 6.61 Å². The second-order valence-corrected chi connectivity index (χ2v) is 5.09. The Bertz CT molecular complexity index is 368. The summed E-state index contributed by atoms with van der Waals surface area (Å²) in [5.74, 6) is 0.722. The van der Waals surface area contributed by atoms with Gasteiger partial charge < -0.3 is 10.4 Å². The summed E-state index contributed by atoms with van der Waals surface area (Å²) in [4.78, 5) is 4.09. The minimum Gasteiger partial charge on any atom is -0.396 e. The maximum Gasteiger partial charge on any atom is 0.133 e. The molecule has 2 N–H and O–H groups in total. The Hall–Kier alpha value is -0.640. The monoisotopic (exact) mass is 254 g/mol. The van der Waals surface area contributed by atoms with Gasteiger partial charge in [-0.1, -0.05) is 17.7 Å². The van der Waals surface area contributed by atoms with E-state index >= 15 is 0 Å². The Morgan fingerprint density at radius 2 is 2.35 bits per heavy atom. The lowest BCUT2D eigenvalue weighted by molar-refractivity contribution is 0.250. The number of nitrogens with one attached hydrogen (secondary N) is 1. The van der Waals surface area contributed by atoms with Crippen LogP contribution in [-0.4, -0.2) is 22.7 Å². The van der Waals surface area contributed by atoms with Crippen LogP contribution in [0, 0.1) is 5.92 Å². The first-order valence-electron chi connectivity index (χ1n) is 6.19. The number of nitrogens with zero attached hydrogens (tertiary/aromatic N) is 1. The number of aliphatic hydroxyl groups is 1. The second kappa shape index (κ2) is 5.80. The Morgan fingerprint density at radius 3 is 2.94 bits per heavy atom. The van der Waals surface area contributed by atoms with E-state index in [-0.39, 0.29) is 12.6 Å². The molecule has 1 fully saturated rings. The number of aliphatic hydroxyl groups excluding tert-OH is 1. The molecule has 94 valence electrons. The van der Waals surface area contributed by atoms with Gasteiger partial charge in [0.15, 0.2) is 0 Å². The fourth-order valence-electron chi connectivity index (χ4n) is 2.23. The van der Waals surface area contributed by atoms with Crippen molar-refractivity contribution < 1.29 is 5.11 Å². The van der Waals surface area contributed by atoms with Crippen LogP contribution in [-0.2, 0) is 0 Å². The third-order valence-electron chi connectivity index (χ3n) is 3.35. The molecule has 0 amide bonds. The van der Waals surface area contributed by atoms with Crippen LogP contribution in [0.4, 0.5) is 0 Å². The standard InChI is InChI=1S/C13H19ClN2O/c1-9(11-3-2-7-15-13(11)14)16-12(6-8-17)10-4-5-10/h2-3,7,9-10,12,16-17H,4-6,8H2,1H3. The molecule has 0 aromatic carbocycles. The quantitative estimate of drug-likeness (QED) is 0.767. The van der Waals surface area contributed by atoms with Gasteiger partial charge in [0.1, 0.15) is 5.15 Å². The second-order valence-electron chi connectivity index (χ2n) is 4.73. The van der Waals surface area contributed by atoms with Gasteiger partial charge in [0.2, 0.25) is 0 Å². The van der Waals surface area contributed by atoms with Crippen LogP contribution in [0.15, 0.2) is 18.3 Å². The minimum absolute atomic E-state index is 0.174. The molecule has 2 atom stereocenters. The molecule has 1 heterocycles. The van der Waals surface area contributed by atoms with Crippen LogP contribution in [0.25, 0.3) is 0 Å². The molecule has 1 aliphatic rings. The molecule has 0 bridgehead atoms. The molecule has 0 aliphatic heterocycles. The summed E-state index contributed by atoms with van der Waals surface area (Å²) < 4.78 is 0. The van der Waals surface area contributed by atoms with Crippen LogP contribution in [0.3, 0.4) is 0 Å². The summed E-state index contributed by atoms with van der Waals surface area (Å²) in [5.41, 5.74) is 1.03. The van der Waals surface area contributed by atoms with Crippen LogP contribution in [0.2, 0.25) is 5.15 Å². The zero-order valence-corrected chi connectivity index (χ0v) is 10.8. The van der Waals surface area contributed by atoms with Crippen molar-refractivity contribution in [2.45, 2.75) is 38.3 Å². The van der Waals surface area contributed by atoms with E-state index < -0.39 is 0 Å². The molecule has 3 nitrogen and oxygen atoms in total. The maximum atomic E-state index is 9.07. The molecule has 17 heavy (non-hydrogen) atoms. The third-order valence-corrected chi connectivity index (χ3v) is 3.67. The van der Waals surface area contributed by atoms with E-state index in [1.165, 1.54) is 12.8 Å². The van der Waals surface area contributed by atoms with Crippen LogP contribution in [0.1, 0.15) is 37.8 Å². The lowest BCUT2D eigenvalue weighted by Crippen LogP contribution is -2.34. The lowest BCUT2D eigenvalue weighted by atomic mass is 10.1. The van der Waals surface area contributed by atoms with Crippen molar-refractivity contribution in [1.29, 1.82) is 0 Å². The summed E-state index contributed by atoms with van der Waals surface area (Å²) in [6.07, 6.45) is 5.05. The van der Waals surface area contributed by atoms with Gasteiger partial charge in [-0.15, -0.1) is 0 Å². The van der Waals surface area contributed by atoms with Crippen LogP contribution in [0.5, 0.6) is 0 Å². The van der Waals surface area contributed by atoms with E-state index in [0.717, 1.165) is 17.9 Å². The molecule has 1 aromatic rings. The molecular formula is C13H19ClN2O. The van der Waals surface area contributed by atoms with E-state index in [2.05, 4.69) is 17.2 Å². The van der Waals surface area contributed by atoms with E-state index in [0.29, 0.717) is 11.2 Å². The van der Waals surface area contributed by atoms with Crippen molar-refractivity contribution in [3.8, 4) is 0 Å². The van der Waals surface area contributed by atoms with Crippen molar-refractivity contribution >= 4 is 11.6 Å². The Kier molecular flexibility index (Phi) is 4.37. The number of aromatic nitrogens is 1. The number of halogens is 1. The SMILES string of the molecule is CC(NC(CCO)C1CC1)c1cccnc1Cl. The predicted molar refractivity (Wildman–Crippen MR) is 69.0 cm³/mol. The molecule has 0 radical (unpaired) electrons. The molecule has 1 aromatic heterocycles. The zero-order valence-electron chi connectivity index (χ0n) is 10.1. The van der Waals surface area contributed by atoms with Gasteiger partial charge >= 0.3 is 0 Å². The first kappa shape index (κ1) is 12.8. The summed E-state index contributed by atoms with van der Waals surface area (Å²) >= 11 is 6.07. The highest BCUT2D eigenvalue weighted by atomic mass is 35.5. The molecule has 1 saturated carbocycles. The smallest absolute Gasteiger partial charge is 0.133 e. The van der Waals surface area contributed by atoms with E-state index in [1.807, 2.05) is 12.1 Å². The first-order valence-corrected chi connectivity index (χ1v) is 6.57. The highest BCUT2D eigenvalue weighted by molar-refractivity contribution is 6.30. The Labute approximate surface area is 107 Å². The van der Waals surface area contributed by atoms with Gasteiger partial charge in [-0.05, 0) is 38.2 Å². The van der Waals surface area contributed by atoms with Crippen molar-refractivity contribution in [3.05, 3.63) is 29.0 Å². The van der Waals surface area contributed by atoms with Gasteiger partial charge in [0, 0.05) is 30.5 Å². The summed E-state index contributed by atoms with van der Waals surface area (Å²) in [7, 11) is 0. The fraction of sp³-hybridized carbons (Fsp3) is 0.615. The average Bonchev–Trinajstić information content (AvgIpc) is 3.12. The first-order chi connectivity index (χ1) is 8.22. The number of hydrogen-bond acceptors (Lipinski definition) is 3. The van der Waals surface area contributed by atoms with Crippen LogP contribution < -0.4 is 5.32 Å². The summed E-state index contributed by atoms with van der Waals surface area (Å²) in [6.45, 7) is 2.33. The molecule has 0 saturated heterocycles. The molecule has 4 heteroatoms. The minimum atomic E-state index is 0.174. The third kappa shape index (κ3) is 3.41. The number of pyridine rings is 1. The highest BCUT2D eigenvalue weighted by Crippen LogP contribution is 2.35. The predicted octanol–water partition coefficient (Wildman–Crippen LogP) is 2.55. The van der Waals surface area contributed by atoms with Crippen molar-refractivity contribution in [2.24, 2.45) is 5.92 Å². The molecule has 2 unspecified atom stereocenters. The molecule has 2 rings (SSSR count).